The molecule has 9 heteroatoms. The fourth-order valence-corrected chi connectivity index (χ4v) is 4.82. The molecule has 0 saturated carbocycles. The van der Waals surface area contributed by atoms with E-state index in [4.69, 9.17) is 4.84 Å². The minimum absolute atomic E-state index is 0.0868. The van der Waals surface area contributed by atoms with Gasteiger partial charge in [-0.15, -0.1) is 11.8 Å². The summed E-state index contributed by atoms with van der Waals surface area (Å²) in [5.74, 6) is -1.96. The van der Waals surface area contributed by atoms with Crippen molar-refractivity contribution in [3.63, 3.8) is 0 Å². The van der Waals surface area contributed by atoms with E-state index in [1.807, 2.05) is 60.9 Å². The van der Waals surface area contributed by atoms with Crippen LogP contribution in [-0.2, 0) is 20.6 Å². The van der Waals surface area contributed by atoms with E-state index in [1.54, 1.807) is 16.8 Å². The van der Waals surface area contributed by atoms with E-state index in [-0.39, 0.29) is 5.69 Å². The number of rotatable bonds is 4. The standard InChI is InChI=1S/C25H19F3N2O3S/c1-34-19-13-7-15(8-14-19)21-20-22(33-30(21)18-5-3-2-4-6-18)24(32)29(23(20)31)17-11-9-16(10-12-17)25(26,27)28/h2-14,20-22H,1H3/t20-,21+,22+/m0/s1. The Morgan fingerprint density at radius 3 is 2.06 bits per heavy atom. The van der Waals surface area contributed by atoms with E-state index in [9.17, 15) is 22.8 Å². The van der Waals surface area contributed by atoms with Crippen LogP contribution in [0.25, 0.3) is 0 Å². The highest BCUT2D eigenvalue weighted by atomic mass is 32.2. The van der Waals surface area contributed by atoms with Crippen molar-refractivity contribution in [1.82, 2.24) is 0 Å². The molecule has 5 rings (SSSR count). The van der Waals surface area contributed by atoms with Gasteiger partial charge in [0.05, 0.1) is 23.0 Å². The Bertz CT molecular complexity index is 1220. The van der Waals surface area contributed by atoms with Gasteiger partial charge in [0, 0.05) is 4.90 Å². The maximum Gasteiger partial charge on any atom is 0.416 e. The highest BCUT2D eigenvalue weighted by Crippen LogP contribution is 2.47. The zero-order valence-corrected chi connectivity index (χ0v) is 18.7. The van der Waals surface area contributed by atoms with Crippen molar-refractivity contribution in [2.75, 3.05) is 16.2 Å². The molecule has 2 saturated heterocycles. The third kappa shape index (κ3) is 3.74. The first-order chi connectivity index (χ1) is 16.3. The molecule has 174 valence electrons. The number of halogens is 3. The molecular weight excluding hydrogens is 465 g/mol. The molecule has 5 nitrogen and oxygen atoms in total. The van der Waals surface area contributed by atoms with Crippen molar-refractivity contribution >= 4 is 35.0 Å². The number of imide groups is 1. The first kappa shape index (κ1) is 22.5. The van der Waals surface area contributed by atoms with Crippen LogP contribution in [0.2, 0.25) is 0 Å². The summed E-state index contributed by atoms with van der Waals surface area (Å²) >= 11 is 1.58. The molecule has 3 aromatic carbocycles. The Labute approximate surface area is 198 Å². The summed E-state index contributed by atoms with van der Waals surface area (Å²) in [7, 11) is 0. The second-order valence-corrected chi connectivity index (χ2v) is 8.87. The summed E-state index contributed by atoms with van der Waals surface area (Å²) in [5.41, 5.74) is 0.722. The highest BCUT2D eigenvalue weighted by Gasteiger charge is 2.60. The fraction of sp³-hybridized carbons (Fsp3) is 0.200. The monoisotopic (exact) mass is 484 g/mol. The second-order valence-electron chi connectivity index (χ2n) is 7.99. The molecule has 0 aliphatic carbocycles. The van der Waals surface area contributed by atoms with Crippen LogP contribution in [0.5, 0.6) is 0 Å². The number of fused-ring (bicyclic) bond motifs is 1. The van der Waals surface area contributed by atoms with Crippen LogP contribution in [0.4, 0.5) is 24.5 Å². The molecule has 0 unspecified atom stereocenters. The molecule has 3 aromatic rings. The van der Waals surface area contributed by atoms with E-state index < -0.39 is 41.6 Å². The number of hydroxylamine groups is 1. The third-order valence-corrected chi connectivity index (χ3v) is 6.78. The number of hydrogen-bond acceptors (Lipinski definition) is 5. The largest absolute Gasteiger partial charge is 0.416 e. The van der Waals surface area contributed by atoms with E-state index >= 15 is 0 Å². The number of nitrogens with zero attached hydrogens (tertiary/aromatic N) is 2. The van der Waals surface area contributed by atoms with Crippen LogP contribution < -0.4 is 9.96 Å². The molecule has 2 aliphatic heterocycles. The topological polar surface area (TPSA) is 49.9 Å². The molecule has 2 aliphatic rings. The van der Waals surface area contributed by atoms with E-state index in [0.717, 1.165) is 39.6 Å². The zero-order valence-electron chi connectivity index (χ0n) is 17.9. The van der Waals surface area contributed by atoms with Crippen molar-refractivity contribution < 1.29 is 27.6 Å². The summed E-state index contributed by atoms with van der Waals surface area (Å²) in [5, 5.41) is 1.59. The van der Waals surface area contributed by atoms with Crippen molar-refractivity contribution in [3.05, 3.63) is 90.0 Å². The normalized spacial score (nSPS) is 22.4. The lowest BCUT2D eigenvalue weighted by atomic mass is 9.90. The zero-order chi connectivity index (χ0) is 24.0. The lowest BCUT2D eigenvalue weighted by Gasteiger charge is -2.29. The van der Waals surface area contributed by atoms with E-state index in [0.29, 0.717) is 5.69 Å². The predicted molar refractivity (Wildman–Crippen MR) is 122 cm³/mol. The quantitative estimate of drug-likeness (QED) is 0.363. The van der Waals surface area contributed by atoms with Gasteiger partial charge in [0.15, 0.2) is 6.10 Å². The SMILES string of the molecule is CSc1ccc([C@@H]2[C@@H]3C(=O)N(c4ccc(C(F)(F)F)cc4)C(=O)[C@@H]3ON2c2ccccc2)cc1. The Balaban J connectivity index is 1.53. The van der Waals surface area contributed by atoms with Gasteiger partial charge in [-0.25, -0.2) is 9.96 Å². The summed E-state index contributed by atoms with van der Waals surface area (Å²) in [6.07, 6.45) is -3.64. The van der Waals surface area contributed by atoms with Gasteiger partial charge >= 0.3 is 6.18 Å². The van der Waals surface area contributed by atoms with Gasteiger partial charge in [-0.2, -0.15) is 13.2 Å². The molecule has 0 aromatic heterocycles. The molecule has 2 fully saturated rings. The van der Waals surface area contributed by atoms with Crippen LogP contribution in [0.15, 0.2) is 83.8 Å². The molecule has 0 spiro atoms. The predicted octanol–water partition coefficient (Wildman–Crippen LogP) is 5.48. The fourth-order valence-electron chi connectivity index (χ4n) is 4.41. The highest BCUT2D eigenvalue weighted by molar-refractivity contribution is 7.98. The lowest BCUT2D eigenvalue weighted by molar-refractivity contribution is -0.137. The Kier molecular flexibility index (Phi) is 5.61. The van der Waals surface area contributed by atoms with Gasteiger partial charge in [-0.3, -0.25) is 14.4 Å². The molecule has 3 atom stereocenters. The average Bonchev–Trinajstić information content (AvgIpc) is 3.35. The van der Waals surface area contributed by atoms with Gasteiger partial charge in [0.1, 0.15) is 5.92 Å². The number of amides is 2. The van der Waals surface area contributed by atoms with Gasteiger partial charge in [-0.1, -0.05) is 30.3 Å². The van der Waals surface area contributed by atoms with Crippen LogP contribution in [-0.4, -0.2) is 24.2 Å². The van der Waals surface area contributed by atoms with Crippen molar-refractivity contribution in [2.24, 2.45) is 5.92 Å². The van der Waals surface area contributed by atoms with Gasteiger partial charge in [-0.05, 0) is 60.4 Å². The maximum absolute atomic E-state index is 13.5. The first-order valence-corrected chi connectivity index (χ1v) is 11.7. The molecule has 34 heavy (non-hydrogen) atoms. The maximum atomic E-state index is 13.5. The average molecular weight is 484 g/mol. The summed E-state index contributed by atoms with van der Waals surface area (Å²) in [4.78, 5) is 34.8. The summed E-state index contributed by atoms with van der Waals surface area (Å²) < 4.78 is 38.9. The number of para-hydroxylation sites is 1. The van der Waals surface area contributed by atoms with E-state index in [2.05, 4.69) is 0 Å². The molecule has 2 amide bonds. The molecule has 0 N–H and O–H groups in total. The van der Waals surface area contributed by atoms with Gasteiger partial charge in [0.2, 0.25) is 5.91 Å². The van der Waals surface area contributed by atoms with Crippen molar-refractivity contribution in [2.45, 2.75) is 23.2 Å². The number of thioether (sulfide) groups is 1. The minimum Gasteiger partial charge on any atom is -0.273 e. The molecule has 0 bridgehead atoms. The number of anilines is 2. The smallest absolute Gasteiger partial charge is 0.273 e. The van der Waals surface area contributed by atoms with Crippen LogP contribution in [0.3, 0.4) is 0 Å². The number of hydrogen-bond donors (Lipinski definition) is 0. The Morgan fingerprint density at radius 1 is 0.824 bits per heavy atom. The second kappa shape index (κ2) is 8.48. The lowest BCUT2D eigenvalue weighted by Crippen LogP contribution is -2.37. The number of carbonyl (C=O) groups is 2. The number of carbonyl (C=O) groups excluding carboxylic acids is 2. The minimum atomic E-state index is -4.51. The number of benzene rings is 3. The van der Waals surface area contributed by atoms with Gasteiger partial charge < -0.3 is 0 Å². The van der Waals surface area contributed by atoms with Gasteiger partial charge in [0.25, 0.3) is 5.91 Å². The summed E-state index contributed by atoms with van der Waals surface area (Å²) in [6.45, 7) is 0. The van der Waals surface area contributed by atoms with Crippen molar-refractivity contribution in [1.29, 1.82) is 0 Å². The Morgan fingerprint density at radius 2 is 1.47 bits per heavy atom. The third-order valence-electron chi connectivity index (χ3n) is 6.04. The molecular formula is C25H19F3N2O3S. The first-order valence-electron chi connectivity index (χ1n) is 10.5. The Hall–Kier alpha value is -3.30. The molecule has 2 heterocycles. The number of alkyl halides is 3. The van der Waals surface area contributed by atoms with Crippen molar-refractivity contribution in [3.8, 4) is 0 Å². The van der Waals surface area contributed by atoms with Crippen LogP contribution in [0, 0.1) is 5.92 Å². The molecule has 0 radical (unpaired) electrons. The van der Waals surface area contributed by atoms with E-state index in [1.165, 1.54) is 0 Å². The van der Waals surface area contributed by atoms with Crippen LogP contribution in [0.1, 0.15) is 17.2 Å². The summed E-state index contributed by atoms with van der Waals surface area (Å²) in [6, 6.07) is 20.2. The van der Waals surface area contributed by atoms with Crippen LogP contribution >= 0.6 is 11.8 Å².